The maximum absolute atomic E-state index is 15.2. The van der Waals surface area contributed by atoms with Gasteiger partial charge in [-0.3, -0.25) is 14.6 Å². The van der Waals surface area contributed by atoms with Crippen molar-refractivity contribution < 1.29 is 23.0 Å². The second-order valence-corrected chi connectivity index (χ2v) is 9.25. The first kappa shape index (κ1) is 30.2. The maximum Gasteiger partial charge on any atom is 0.191 e. The van der Waals surface area contributed by atoms with Crippen LogP contribution in [-0.4, -0.2) is 52.6 Å². The number of aromatic nitrogens is 5. The zero-order chi connectivity index (χ0) is 30.2. The molecule has 2 aromatic carbocycles. The summed E-state index contributed by atoms with van der Waals surface area (Å²) in [7, 11) is 6.14. The molecule has 0 saturated carbocycles. The summed E-state index contributed by atoms with van der Waals surface area (Å²) in [6, 6.07) is 10.3. The van der Waals surface area contributed by atoms with Gasteiger partial charge in [0.25, 0.3) is 0 Å². The number of pyridine rings is 1. The first-order valence-electron chi connectivity index (χ1n) is 13.5. The number of halogens is 2. The summed E-state index contributed by atoms with van der Waals surface area (Å²) in [6.45, 7) is 4.36. The van der Waals surface area contributed by atoms with Crippen molar-refractivity contribution in [1.29, 1.82) is 0 Å². The Labute approximate surface area is 243 Å². The highest BCUT2D eigenvalue weighted by Crippen LogP contribution is 2.40. The molecule has 0 radical (unpaired) electrons. The number of benzene rings is 2. The van der Waals surface area contributed by atoms with Crippen molar-refractivity contribution in [2.45, 2.75) is 26.7 Å². The van der Waals surface area contributed by atoms with Crippen LogP contribution in [0.3, 0.4) is 0 Å². The largest absolute Gasteiger partial charge is 0.495 e. The molecule has 0 N–H and O–H groups in total. The van der Waals surface area contributed by atoms with Crippen LogP contribution >= 0.6 is 0 Å². The summed E-state index contributed by atoms with van der Waals surface area (Å²) < 4.78 is 47.4. The predicted octanol–water partition coefficient (Wildman–Crippen LogP) is 6.53. The summed E-state index contributed by atoms with van der Waals surface area (Å²) in [4.78, 5) is 14.9. The lowest BCUT2D eigenvalue weighted by molar-refractivity contribution is 0.359. The molecular weight excluding hydrogens is 542 g/mol. The Morgan fingerprint density at radius 3 is 2.14 bits per heavy atom. The van der Waals surface area contributed by atoms with E-state index in [0.717, 1.165) is 23.4 Å². The zero-order valence-electron chi connectivity index (χ0n) is 24.6. The van der Waals surface area contributed by atoms with Crippen LogP contribution < -0.4 is 19.1 Å². The fraction of sp³-hybridized carbons (Fsp3) is 0.290. The first-order chi connectivity index (χ1) is 20.3. The van der Waals surface area contributed by atoms with Crippen LogP contribution in [0.15, 0.2) is 61.2 Å². The molecule has 0 aliphatic heterocycles. The van der Waals surface area contributed by atoms with Gasteiger partial charge in [-0.15, -0.1) is 0 Å². The zero-order valence-corrected chi connectivity index (χ0v) is 24.6. The Morgan fingerprint density at radius 2 is 1.57 bits per heavy atom. The quantitative estimate of drug-likeness (QED) is 0.196. The van der Waals surface area contributed by atoms with Gasteiger partial charge in [0.15, 0.2) is 23.1 Å². The van der Waals surface area contributed by atoms with Crippen molar-refractivity contribution in [2.24, 2.45) is 7.05 Å². The maximum atomic E-state index is 15.2. The van der Waals surface area contributed by atoms with Gasteiger partial charge in [-0.1, -0.05) is 13.8 Å². The van der Waals surface area contributed by atoms with Gasteiger partial charge in [0.2, 0.25) is 0 Å². The van der Waals surface area contributed by atoms with Gasteiger partial charge in [0.1, 0.15) is 11.4 Å². The Morgan fingerprint density at radius 1 is 0.857 bits per heavy atom. The van der Waals surface area contributed by atoms with Gasteiger partial charge in [-0.05, 0) is 43.2 Å². The third-order valence-corrected chi connectivity index (χ3v) is 6.51. The molecule has 0 aliphatic carbocycles. The summed E-state index contributed by atoms with van der Waals surface area (Å²) in [5, 5.41) is 4.17. The SMILES string of the molecule is CCCN(c1ccc2ncc(-c3cnn(C)c3)nc2c1)c1c(F)c(OC)cc(OC)c1F.CCc1ncccc1OC. The van der Waals surface area contributed by atoms with E-state index in [4.69, 9.17) is 14.2 Å². The van der Waals surface area contributed by atoms with Crippen molar-refractivity contribution >= 4 is 22.4 Å². The van der Waals surface area contributed by atoms with Gasteiger partial charge >= 0.3 is 0 Å². The van der Waals surface area contributed by atoms with Crippen LogP contribution in [0, 0.1) is 11.6 Å². The summed E-state index contributed by atoms with van der Waals surface area (Å²) in [5.74, 6) is -0.910. The Hall–Kier alpha value is -4.80. The molecule has 0 saturated heterocycles. The van der Waals surface area contributed by atoms with Gasteiger partial charge < -0.3 is 19.1 Å². The minimum Gasteiger partial charge on any atom is -0.495 e. The Kier molecular flexibility index (Phi) is 9.85. The highest BCUT2D eigenvalue weighted by atomic mass is 19.1. The molecule has 3 heterocycles. The molecule has 0 fully saturated rings. The van der Waals surface area contributed by atoms with Crippen LogP contribution in [0.2, 0.25) is 0 Å². The molecule has 11 heteroatoms. The lowest BCUT2D eigenvalue weighted by Gasteiger charge is -2.27. The van der Waals surface area contributed by atoms with Gasteiger partial charge in [-0.25, -0.2) is 13.8 Å². The molecule has 5 rings (SSSR count). The van der Waals surface area contributed by atoms with Gasteiger partial charge in [-0.2, -0.15) is 5.10 Å². The number of hydrogen-bond acceptors (Lipinski definition) is 8. The molecule has 0 atom stereocenters. The lowest BCUT2D eigenvalue weighted by Crippen LogP contribution is -2.21. The fourth-order valence-electron chi connectivity index (χ4n) is 4.44. The minimum absolute atomic E-state index is 0.0983. The van der Waals surface area contributed by atoms with Gasteiger partial charge in [0.05, 0.1) is 56.1 Å². The van der Waals surface area contributed by atoms with E-state index in [-0.39, 0.29) is 17.2 Å². The number of methoxy groups -OCH3 is 3. The number of ether oxygens (including phenoxy) is 3. The molecule has 0 unspecified atom stereocenters. The topological polar surface area (TPSA) is 87.4 Å². The smallest absolute Gasteiger partial charge is 0.191 e. The number of aryl methyl sites for hydroxylation is 2. The number of anilines is 2. The minimum atomic E-state index is -0.797. The van der Waals surface area contributed by atoms with Crippen molar-refractivity contribution in [2.75, 3.05) is 32.8 Å². The van der Waals surface area contributed by atoms with Crippen LogP contribution in [0.5, 0.6) is 17.2 Å². The third kappa shape index (κ3) is 6.40. The molecule has 3 aromatic heterocycles. The molecule has 220 valence electrons. The molecule has 0 amide bonds. The highest BCUT2D eigenvalue weighted by Gasteiger charge is 2.26. The molecular formula is C31H34F2N6O3. The highest BCUT2D eigenvalue weighted by molar-refractivity contribution is 5.83. The average molecular weight is 577 g/mol. The van der Waals surface area contributed by atoms with E-state index in [1.54, 1.807) is 53.5 Å². The van der Waals surface area contributed by atoms with Gasteiger partial charge in [0, 0.05) is 43.3 Å². The summed E-state index contributed by atoms with van der Waals surface area (Å²) >= 11 is 0. The van der Waals surface area contributed by atoms with Crippen LogP contribution in [-0.2, 0) is 13.5 Å². The predicted molar refractivity (Wildman–Crippen MR) is 159 cm³/mol. The second-order valence-electron chi connectivity index (χ2n) is 9.25. The summed E-state index contributed by atoms with van der Waals surface area (Å²) in [6.07, 6.45) is 8.57. The molecule has 0 spiro atoms. The van der Waals surface area contributed by atoms with E-state index < -0.39 is 11.6 Å². The normalized spacial score (nSPS) is 10.7. The lowest BCUT2D eigenvalue weighted by atomic mass is 10.1. The van der Waals surface area contributed by atoms with E-state index in [1.165, 1.54) is 20.3 Å². The van der Waals surface area contributed by atoms with Crippen molar-refractivity contribution in [1.82, 2.24) is 24.7 Å². The van der Waals surface area contributed by atoms with E-state index in [0.29, 0.717) is 35.4 Å². The molecule has 0 aliphatic rings. The van der Waals surface area contributed by atoms with E-state index in [2.05, 4.69) is 27.0 Å². The molecule has 5 aromatic rings. The van der Waals surface area contributed by atoms with E-state index in [1.807, 2.05) is 32.3 Å². The number of rotatable bonds is 9. The summed E-state index contributed by atoms with van der Waals surface area (Å²) in [5.41, 5.74) is 4.11. The van der Waals surface area contributed by atoms with E-state index in [9.17, 15) is 0 Å². The Bertz CT molecular complexity index is 1610. The van der Waals surface area contributed by atoms with Crippen molar-refractivity contribution in [3.8, 4) is 28.5 Å². The molecule has 0 bridgehead atoms. The van der Waals surface area contributed by atoms with Crippen molar-refractivity contribution in [3.05, 3.63) is 78.5 Å². The first-order valence-corrected chi connectivity index (χ1v) is 13.5. The molecule has 9 nitrogen and oxygen atoms in total. The fourth-order valence-corrected chi connectivity index (χ4v) is 4.44. The third-order valence-electron chi connectivity index (χ3n) is 6.51. The molecule has 42 heavy (non-hydrogen) atoms. The van der Waals surface area contributed by atoms with Crippen LogP contribution in [0.4, 0.5) is 20.2 Å². The van der Waals surface area contributed by atoms with Crippen LogP contribution in [0.1, 0.15) is 26.0 Å². The number of fused-ring (bicyclic) bond motifs is 1. The number of hydrogen-bond donors (Lipinski definition) is 0. The monoisotopic (exact) mass is 576 g/mol. The van der Waals surface area contributed by atoms with Crippen molar-refractivity contribution in [3.63, 3.8) is 0 Å². The van der Waals surface area contributed by atoms with E-state index >= 15 is 8.78 Å². The number of nitrogens with zero attached hydrogens (tertiary/aromatic N) is 6. The average Bonchev–Trinajstić information content (AvgIpc) is 3.46. The standard InChI is InChI=1S/C23H23F2N5O2.C8H11NO/c1-5-8-30(23-21(24)19(31-3)10-20(32-4)22(23)25)15-6-7-16-17(9-15)28-18(12-26-16)14-11-27-29(2)13-14;1-3-7-8(10-2)5-4-6-9-7/h6-7,9-13H,5,8H2,1-4H3;4-6H,3H2,1-2H3. The van der Waals surface area contributed by atoms with Crippen LogP contribution in [0.25, 0.3) is 22.3 Å². The second kappa shape index (κ2) is 13.7. The Balaban J connectivity index is 0.000000343.